The average Bonchev–Trinajstić information content (AvgIpc) is 2.63. The molecule has 1 aliphatic rings. The molecular formula is C17H14BrClFNO. The third kappa shape index (κ3) is 2.34. The first kappa shape index (κ1) is 15.5. The van der Waals surface area contributed by atoms with Crippen LogP contribution in [0.25, 0.3) is 0 Å². The van der Waals surface area contributed by atoms with Crippen molar-refractivity contribution < 1.29 is 9.18 Å². The summed E-state index contributed by atoms with van der Waals surface area (Å²) in [6.45, 7) is 3.88. The molecule has 0 unspecified atom stereocenters. The van der Waals surface area contributed by atoms with E-state index in [9.17, 15) is 9.18 Å². The molecule has 0 radical (unpaired) electrons. The lowest BCUT2D eigenvalue weighted by atomic mass is 9.86. The summed E-state index contributed by atoms with van der Waals surface area (Å²) in [7, 11) is 0. The van der Waals surface area contributed by atoms with Gasteiger partial charge in [0.25, 0.3) is 0 Å². The SMILES string of the molecule is CC1(C)C(=O)N(Cc2c(F)cccc2Cl)c2cc(Br)ccc21. The van der Waals surface area contributed by atoms with Gasteiger partial charge in [0.1, 0.15) is 5.82 Å². The predicted molar refractivity (Wildman–Crippen MR) is 89.8 cm³/mol. The Bertz CT molecular complexity index is 755. The number of nitrogens with zero attached hydrogens (tertiary/aromatic N) is 1. The van der Waals surface area contributed by atoms with E-state index in [-0.39, 0.29) is 12.5 Å². The van der Waals surface area contributed by atoms with Crippen molar-refractivity contribution in [2.45, 2.75) is 25.8 Å². The fourth-order valence-electron chi connectivity index (χ4n) is 2.82. The highest BCUT2D eigenvalue weighted by atomic mass is 79.9. The summed E-state index contributed by atoms with van der Waals surface area (Å²) >= 11 is 9.52. The molecule has 0 saturated carbocycles. The number of benzene rings is 2. The number of rotatable bonds is 2. The minimum Gasteiger partial charge on any atom is -0.307 e. The van der Waals surface area contributed by atoms with Gasteiger partial charge in [-0.2, -0.15) is 0 Å². The van der Waals surface area contributed by atoms with Gasteiger partial charge >= 0.3 is 0 Å². The Hall–Kier alpha value is -1.39. The second-order valence-electron chi connectivity index (χ2n) is 5.88. The van der Waals surface area contributed by atoms with Gasteiger partial charge in [-0.15, -0.1) is 0 Å². The van der Waals surface area contributed by atoms with Crippen LogP contribution in [-0.4, -0.2) is 5.91 Å². The van der Waals surface area contributed by atoms with E-state index in [1.807, 2.05) is 32.0 Å². The average molecular weight is 383 g/mol. The van der Waals surface area contributed by atoms with Crippen LogP contribution in [0.3, 0.4) is 0 Å². The standard InChI is InChI=1S/C17H14BrClFNO/c1-17(2)12-7-6-10(18)8-15(12)21(16(17)22)9-11-13(19)4-3-5-14(11)20/h3-8H,9H2,1-2H3. The zero-order chi connectivity index (χ0) is 16.1. The maximum Gasteiger partial charge on any atom is 0.237 e. The lowest BCUT2D eigenvalue weighted by molar-refractivity contribution is -0.122. The Morgan fingerprint density at radius 3 is 2.68 bits per heavy atom. The minimum atomic E-state index is -0.631. The van der Waals surface area contributed by atoms with Crippen LogP contribution < -0.4 is 4.90 Å². The lowest BCUT2D eigenvalue weighted by Crippen LogP contribution is -2.36. The number of carbonyl (C=O) groups is 1. The van der Waals surface area contributed by atoms with Gasteiger partial charge in [0, 0.05) is 20.7 Å². The highest BCUT2D eigenvalue weighted by Gasteiger charge is 2.44. The van der Waals surface area contributed by atoms with E-state index < -0.39 is 11.2 Å². The van der Waals surface area contributed by atoms with Gasteiger partial charge < -0.3 is 4.90 Å². The summed E-state index contributed by atoms with van der Waals surface area (Å²) in [4.78, 5) is 14.4. The molecule has 1 aliphatic heterocycles. The molecule has 22 heavy (non-hydrogen) atoms. The topological polar surface area (TPSA) is 20.3 Å². The van der Waals surface area contributed by atoms with Gasteiger partial charge in [-0.1, -0.05) is 39.7 Å². The molecule has 0 fully saturated rings. The molecule has 1 heterocycles. The number of hydrogen-bond acceptors (Lipinski definition) is 1. The van der Waals surface area contributed by atoms with Crippen molar-refractivity contribution in [1.29, 1.82) is 0 Å². The van der Waals surface area contributed by atoms with Gasteiger partial charge in [-0.05, 0) is 43.7 Å². The zero-order valence-corrected chi connectivity index (χ0v) is 14.5. The second kappa shape index (κ2) is 5.36. The van der Waals surface area contributed by atoms with Crippen molar-refractivity contribution in [3.63, 3.8) is 0 Å². The first-order valence-electron chi connectivity index (χ1n) is 6.87. The predicted octanol–water partition coefficient (Wildman–Crippen LogP) is 5.07. The molecule has 0 spiro atoms. The monoisotopic (exact) mass is 381 g/mol. The molecule has 0 saturated heterocycles. The van der Waals surface area contributed by atoms with Crippen LogP contribution >= 0.6 is 27.5 Å². The number of amides is 1. The Morgan fingerprint density at radius 1 is 1.27 bits per heavy atom. The first-order chi connectivity index (χ1) is 10.3. The molecule has 5 heteroatoms. The van der Waals surface area contributed by atoms with E-state index in [0.29, 0.717) is 10.6 Å². The zero-order valence-electron chi connectivity index (χ0n) is 12.2. The molecular weight excluding hydrogens is 369 g/mol. The normalized spacial score (nSPS) is 16.0. The van der Waals surface area contributed by atoms with E-state index in [1.54, 1.807) is 17.0 Å². The molecule has 0 aliphatic carbocycles. The fourth-order valence-corrected chi connectivity index (χ4v) is 3.39. The smallest absolute Gasteiger partial charge is 0.237 e. The number of anilines is 1. The molecule has 0 bridgehead atoms. The van der Waals surface area contributed by atoms with Gasteiger partial charge in [0.15, 0.2) is 0 Å². The molecule has 2 aromatic carbocycles. The van der Waals surface area contributed by atoms with Gasteiger partial charge in [-0.3, -0.25) is 4.79 Å². The van der Waals surface area contributed by atoms with E-state index >= 15 is 0 Å². The molecule has 2 nitrogen and oxygen atoms in total. The third-order valence-corrected chi connectivity index (χ3v) is 4.93. The quantitative estimate of drug-likeness (QED) is 0.710. The largest absolute Gasteiger partial charge is 0.307 e. The molecule has 1 amide bonds. The number of hydrogen-bond donors (Lipinski definition) is 0. The Labute approximate surface area is 142 Å². The van der Waals surface area contributed by atoms with Crippen molar-refractivity contribution in [2.75, 3.05) is 4.90 Å². The lowest BCUT2D eigenvalue weighted by Gasteiger charge is -2.21. The van der Waals surface area contributed by atoms with Crippen molar-refractivity contribution in [3.05, 3.63) is 62.8 Å². The maximum absolute atomic E-state index is 14.0. The summed E-state index contributed by atoms with van der Waals surface area (Å²) in [5.74, 6) is -0.457. The number of carbonyl (C=O) groups excluding carboxylic acids is 1. The maximum atomic E-state index is 14.0. The summed E-state index contributed by atoms with van der Waals surface area (Å²) in [5, 5.41) is 0.328. The Balaban J connectivity index is 2.09. The first-order valence-corrected chi connectivity index (χ1v) is 8.04. The van der Waals surface area contributed by atoms with Gasteiger partial charge in [-0.25, -0.2) is 4.39 Å². The highest BCUT2D eigenvalue weighted by molar-refractivity contribution is 9.10. The summed E-state index contributed by atoms with van der Waals surface area (Å²) < 4.78 is 14.9. The molecule has 0 atom stereocenters. The van der Waals surface area contributed by atoms with E-state index in [2.05, 4.69) is 15.9 Å². The van der Waals surface area contributed by atoms with Crippen LogP contribution in [0, 0.1) is 5.82 Å². The minimum absolute atomic E-state index is 0.0556. The molecule has 3 rings (SSSR count). The van der Waals surface area contributed by atoms with E-state index in [1.165, 1.54) is 6.07 Å². The van der Waals surface area contributed by atoms with Crippen LogP contribution in [-0.2, 0) is 16.8 Å². The van der Waals surface area contributed by atoms with Crippen molar-refractivity contribution >= 4 is 39.1 Å². The van der Waals surface area contributed by atoms with Gasteiger partial charge in [0.05, 0.1) is 12.0 Å². The van der Waals surface area contributed by atoms with Crippen molar-refractivity contribution in [1.82, 2.24) is 0 Å². The summed E-state index contributed by atoms with van der Waals surface area (Å²) in [6, 6.07) is 10.3. The Kier molecular flexibility index (Phi) is 3.77. The van der Waals surface area contributed by atoms with Crippen molar-refractivity contribution in [2.24, 2.45) is 0 Å². The Morgan fingerprint density at radius 2 is 2.00 bits per heavy atom. The molecule has 2 aromatic rings. The van der Waals surface area contributed by atoms with Crippen LogP contribution in [0.1, 0.15) is 25.0 Å². The van der Waals surface area contributed by atoms with Crippen LogP contribution in [0.4, 0.5) is 10.1 Å². The number of halogens is 3. The third-order valence-electron chi connectivity index (χ3n) is 4.08. The highest BCUT2D eigenvalue weighted by Crippen LogP contribution is 2.43. The fraction of sp³-hybridized carbons (Fsp3) is 0.235. The summed E-state index contributed by atoms with van der Waals surface area (Å²) in [6.07, 6.45) is 0. The summed E-state index contributed by atoms with van der Waals surface area (Å²) in [5.41, 5.74) is 1.44. The van der Waals surface area contributed by atoms with Crippen LogP contribution in [0.2, 0.25) is 5.02 Å². The van der Waals surface area contributed by atoms with Crippen LogP contribution in [0.5, 0.6) is 0 Å². The van der Waals surface area contributed by atoms with Crippen LogP contribution in [0.15, 0.2) is 40.9 Å². The van der Waals surface area contributed by atoms with E-state index in [4.69, 9.17) is 11.6 Å². The molecule has 0 N–H and O–H groups in total. The number of fused-ring (bicyclic) bond motifs is 1. The second-order valence-corrected chi connectivity index (χ2v) is 7.20. The molecule has 0 aromatic heterocycles. The molecule has 114 valence electrons. The van der Waals surface area contributed by atoms with Crippen molar-refractivity contribution in [3.8, 4) is 0 Å². The van der Waals surface area contributed by atoms with E-state index in [0.717, 1.165) is 15.7 Å². The van der Waals surface area contributed by atoms with Gasteiger partial charge in [0.2, 0.25) is 5.91 Å².